The fourth-order valence-corrected chi connectivity index (χ4v) is 2.05. The lowest BCUT2D eigenvalue weighted by atomic mass is 10.1. The Morgan fingerprint density at radius 2 is 1.73 bits per heavy atom. The molecule has 0 fully saturated rings. The highest BCUT2D eigenvalue weighted by Crippen LogP contribution is 2.18. The van der Waals surface area contributed by atoms with E-state index >= 15 is 0 Å². The van der Waals surface area contributed by atoms with E-state index in [1.807, 2.05) is 31.2 Å². The molecule has 116 valence electrons. The summed E-state index contributed by atoms with van der Waals surface area (Å²) in [5.41, 5.74) is 2.26. The van der Waals surface area contributed by atoms with E-state index in [1.165, 1.54) is 0 Å². The van der Waals surface area contributed by atoms with Gasteiger partial charge in [-0.2, -0.15) is 0 Å². The Morgan fingerprint density at radius 3 is 2.36 bits per heavy atom. The molecule has 1 amide bonds. The molecule has 0 radical (unpaired) electrons. The minimum Gasteiger partial charge on any atom is -0.497 e. The number of ether oxygens (including phenoxy) is 2. The first-order valence-electron chi connectivity index (χ1n) is 7.23. The van der Waals surface area contributed by atoms with E-state index in [0.29, 0.717) is 12.3 Å². The lowest BCUT2D eigenvalue weighted by Crippen LogP contribution is -2.36. The molecule has 0 spiro atoms. The Bertz CT molecular complexity index is 622. The monoisotopic (exact) mass is 299 g/mol. The Hall–Kier alpha value is -2.49. The second kappa shape index (κ2) is 7.50. The summed E-state index contributed by atoms with van der Waals surface area (Å²) in [6.07, 6.45) is -0.558. The maximum absolute atomic E-state index is 12.1. The summed E-state index contributed by atoms with van der Waals surface area (Å²) in [5, 5.41) is 2.89. The number of rotatable bonds is 6. The number of hydrogen-bond donors (Lipinski definition) is 1. The minimum atomic E-state index is -0.558. The SMILES string of the molecule is COc1ccc(O[C@H](C)C(=O)NCc2ccccc2C)cc1. The maximum atomic E-state index is 12.1. The van der Waals surface area contributed by atoms with E-state index in [2.05, 4.69) is 5.32 Å². The molecule has 4 heteroatoms. The summed E-state index contributed by atoms with van der Waals surface area (Å²) in [4.78, 5) is 12.1. The van der Waals surface area contributed by atoms with Gasteiger partial charge in [-0.25, -0.2) is 0 Å². The fraction of sp³-hybridized carbons (Fsp3) is 0.278. The molecule has 2 aromatic rings. The van der Waals surface area contributed by atoms with Crippen LogP contribution >= 0.6 is 0 Å². The third kappa shape index (κ3) is 4.25. The molecule has 1 atom stereocenters. The van der Waals surface area contributed by atoms with Crippen LogP contribution in [0.1, 0.15) is 18.1 Å². The molecular weight excluding hydrogens is 278 g/mol. The predicted octanol–water partition coefficient (Wildman–Crippen LogP) is 3.09. The van der Waals surface area contributed by atoms with Crippen molar-refractivity contribution in [2.24, 2.45) is 0 Å². The van der Waals surface area contributed by atoms with E-state index < -0.39 is 6.10 Å². The van der Waals surface area contributed by atoms with Crippen LogP contribution in [0.15, 0.2) is 48.5 Å². The first-order chi connectivity index (χ1) is 10.6. The van der Waals surface area contributed by atoms with Gasteiger partial charge in [0.15, 0.2) is 6.10 Å². The van der Waals surface area contributed by atoms with Crippen molar-refractivity contribution in [3.05, 3.63) is 59.7 Å². The third-order valence-electron chi connectivity index (χ3n) is 3.46. The molecule has 0 heterocycles. The Balaban J connectivity index is 1.87. The Labute approximate surface area is 131 Å². The van der Waals surface area contributed by atoms with E-state index in [4.69, 9.17) is 9.47 Å². The highest BCUT2D eigenvalue weighted by Gasteiger charge is 2.14. The maximum Gasteiger partial charge on any atom is 0.261 e. The van der Waals surface area contributed by atoms with Gasteiger partial charge in [-0.15, -0.1) is 0 Å². The van der Waals surface area contributed by atoms with Crippen molar-refractivity contribution in [2.75, 3.05) is 7.11 Å². The van der Waals surface area contributed by atoms with Crippen LogP contribution in [-0.2, 0) is 11.3 Å². The van der Waals surface area contributed by atoms with Gasteiger partial charge >= 0.3 is 0 Å². The Morgan fingerprint density at radius 1 is 1.09 bits per heavy atom. The molecule has 0 aliphatic carbocycles. The third-order valence-corrected chi connectivity index (χ3v) is 3.46. The number of amides is 1. The summed E-state index contributed by atoms with van der Waals surface area (Å²) in [7, 11) is 1.61. The molecule has 22 heavy (non-hydrogen) atoms. The topological polar surface area (TPSA) is 47.6 Å². The van der Waals surface area contributed by atoms with Gasteiger partial charge in [0.1, 0.15) is 11.5 Å². The number of carbonyl (C=O) groups is 1. The highest BCUT2D eigenvalue weighted by atomic mass is 16.5. The van der Waals surface area contributed by atoms with Gasteiger partial charge in [0.2, 0.25) is 0 Å². The van der Waals surface area contributed by atoms with Crippen molar-refractivity contribution in [2.45, 2.75) is 26.5 Å². The van der Waals surface area contributed by atoms with Crippen LogP contribution in [0.4, 0.5) is 0 Å². The van der Waals surface area contributed by atoms with Crippen molar-refractivity contribution in [3.63, 3.8) is 0 Å². The van der Waals surface area contributed by atoms with Crippen LogP contribution < -0.4 is 14.8 Å². The second-order valence-electron chi connectivity index (χ2n) is 5.08. The van der Waals surface area contributed by atoms with Crippen LogP contribution in [0.3, 0.4) is 0 Å². The molecule has 0 aliphatic heterocycles. The van der Waals surface area contributed by atoms with Crippen molar-refractivity contribution < 1.29 is 14.3 Å². The standard InChI is InChI=1S/C18H21NO3/c1-13-6-4-5-7-15(13)12-19-18(20)14(2)22-17-10-8-16(21-3)9-11-17/h4-11,14H,12H2,1-3H3,(H,19,20)/t14-/m1/s1. The van der Waals surface area contributed by atoms with Crippen LogP contribution in [-0.4, -0.2) is 19.1 Å². The van der Waals surface area contributed by atoms with Gasteiger partial charge in [-0.1, -0.05) is 24.3 Å². The Kier molecular flexibility index (Phi) is 5.42. The molecule has 4 nitrogen and oxygen atoms in total. The van der Waals surface area contributed by atoms with Crippen molar-refractivity contribution in [1.29, 1.82) is 0 Å². The summed E-state index contributed by atoms with van der Waals surface area (Å²) < 4.78 is 10.7. The zero-order valence-electron chi connectivity index (χ0n) is 13.1. The molecule has 2 aromatic carbocycles. The van der Waals surface area contributed by atoms with E-state index in [9.17, 15) is 4.79 Å². The molecule has 0 saturated heterocycles. The van der Waals surface area contributed by atoms with E-state index in [-0.39, 0.29) is 5.91 Å². The summed E-state index contributed by atoms with van der Waals surface area (Å²) >= 11 is 0. The molecule has 0 aliphatic rings. The number of aryl methyl sites for hydroxylation is 1. The minimum absolute atomic E-state index is 0.140. The molecular formula is C18H21NO3. The summed E-state index contributed by atoms with van der Waals surface area (Å²) in [6.45, 7) is 4.26. The summed E-state index contributed by atoms with van der Waals surface area (Å²) in [5.74, 6) is 1.25. The fourth-order valence-electron chi connectivity index (χ4n) is 2.05. The second-order valence-corrected chi connectivity index (χ2v) is 5.08. The van der Waals surface area contributed by atoms with Gasteiger partial charge < -0.3 is 14.8 Å². The van der Waals surface area contributed by atoms with E-state index in [1.54, 1.807) is 38.3 Å². The van der Waals surface area contributed by atoms with Gasteiger partial charge in [0.05, 0.1) is 7.11 Å². The largest absolute Gasteiger partial charge is 0.497 e. The van der Waals surface area contributed by atoms with Crippen molar-refractivity contribution in [3.8, 4) is 11.5 Å². The first kappa shape index (κ1) is 15.9. The number of hydrogen-bond acceptors (Lipinski definition) is 3. The quantitative estimate of drug-likeness (QED) is 0.891. The van der Waals surface area contributed by atoms with Gasteiger partial charge in [0.25, 0.3) is 5.91 Å². The molecule has 2 rings (SSSR count). The lowest BCUT2D eigenvalue weighted by Gasteiger charge is -2.15. The molecule has 0 unspecified atom stereocenters. The average Bonchev–Trinajstić information content (AvgIpc) is 2.54. The van der Waals surface area contributed by atoms with Crippen molar-refractivity contribution in [1.82, 2.24) is 5.32 Å². The zero-order chi connectivity index (χ0) is 15.9. The van der Waals surface area contributed by atoms with Crippen LogP contribution in [0.2, 0.25) is 0 Å². The van der Waals surface area contributed by atoms with E-state index in [0.717, 1.165) is 16.9 Å². The first-order valence-corrected chi connectivity index (χ1v) is 7.23. The van der Waals surface area contributed by atoms with Crippen LogP contribution in [0.25, 0.3) is 0 Å². The number of carbonyl (C=O) groups excluding carboxylic acids is 1. The smallest absolute Gasteiger partial charge is 0.261 e. The predicted molar refractivity (Wildman–Crippen MR) is 86.1 cm³/mol. The van der Waals surface area contributed by atoms with Gasteiger partial charge in [-0.3, -0.25) is 4.79 Å². The molecule has 0 aromatic heterocycles. The highest BCUT2D eigenvalue weighted by molar-refractivity contribution is 5.80. The lowest BCUT2D eigenvalue weighted by molar-refractivity contribution is -0.127. The van der Waals surface area contributed by atoms with Crippen LogP contribution in [0, 0.1) is 6.92 Å². The normalized spacial score (nSPS) is 11.6. The average molecular weight is 299 g/mol. The number of nitrogens with one attached hydrogen (secondary N) is 1. The molecule has 0 saturated carbocycles. The number of methoxy groups -OCH3 is 1. The van der Waals surface area contributed by atoms with Gasteiger partial charge in [0, 0.05) is 6.54 Å². The number of benzene rings is 2. The van der Waals surface area contributed by atoms with Crippen LogP contribution in [0.5, 0.6) is 11.5 Å². The molecule has 1 N–H and O–H groups in total. The molecule has 0 bridgehead atoms. The van der Waals surface area contributed by atoms with Gasteiger partial charge in [-0.05, 0) is 49.2 Å². The van der Waals surface area contributed by atoms with Crippen molar-refractivity contribution >= 4 is 5.91 Å². The summed E-state index contributed by atoms with van der Waals surface area (Å²) in [6, 6.07) is 15.1. The zero-order valence-corrected chi connectivity index (χ0v) is 13.1.